The van der Waals surface area contributed by atoms with Gasteiger partial charge in [0.2, 0.25) is 17.8 Å². The molecule has 0 unspecified atom stereocenters. The smallest absolute Gasteiger partial charge is 0.278 e. The number of ketones is 1. The number of benzene rings is 3. The van der Waals surface area contributed by atoms with E-state index >= 15 is 0 Å². The van der Waals surface area contributed by atoms with Gasteiger partial charge in [0.05, 0.1) is 36.7 Å². The minimum atomic E-state index is -1.15. The molecule has 3 aromatic carbocycles. The van der Waals surface area contributed by atoms with Crippen molar-refractivity contribution in [2.45, 2.75) is 204 Å². The second-order valence-corrected chi connectivity index (χ2v) is 34.0. The van der Waals surface area contributed by atoms with Crippen LogP contribution in [0, 0.1) is 0 Å². The fourth-order valence-corrected chi connectivity index (χ4v) is 16.8. The summed E-state index contributed by atoms with van der Waals surface area (Å²) in [6, 6.07) is 42.8. The standard InChI is InChI=1S/2C31H37N7O2.C28H30N6O3.C3H7N.ClH/c2*1-4-17-37-29(39)25-20-32-30(35-28(25)38(37)27-8-5-7-26(34-27)31(2,3)40)33-23-13-9-21(10-14-23)22-11-15-24(16-12-22)36-18-6-19-36;1-4-16-33-26(36)22-17-29-27(30-20-12-8-18(9-13-20)19-10-14-21(35)15-11-19)32-25(22)34(33)24-7-5-6-23(31-24)28(2,3)37;1-2-4-3-1;/h2*4-5,7-10,13-14,20,22,24,40H,1,6,11-12,15-19H2,2-3H3,(H,32,33,35);4-9,12-13,17,19,37H,1,10-11,14-16H2,2-3H3,(H,29,30,32);4H,1-3H2;1H. The lowest BCUT2D eigenvalue weighted by atomic mass is 9.80. The summed E-state index contributed by atoms with van der Waals surface area (Å²) >= 11 is 0. The third-order valence-electron chi connectivity index (χ3n) is 24.0. The molecular weight excluding hydrogens is 1560 g/mol. The predicted molar refractivity (Wildman–Crippen MR) is 482 cm³/mol. The highest BCUT2D eigenvalue weighted by atomic mass is 35.5. The zero-order valence-electron chi connectivity index (χ0n) is 70.6. The maximum absolute atomic E-state index is 13.2. The van der Waals surface area contributed by atoms with Crippen molar-refractivity contribution >= 4 is 86.2 Å². The number of nitrogens with zero attached hydrogens (tertiary/aromatic N) is 17. The van der Waals surface area contributed by atoms with Crippen molar-refractivity contribution in [3.05, 3.63) is 249 Å². The van der Waals surface area contributed by atoms with E-state index in [2.05, 4.69) is 146 Å². The van der Waals surface area contributed by atoms with Gasteiger partial charge >= 0.3 is 0 Å². The maximum atomic E-state index is 13.2. The van der Waals surface area contributed by atoms with Crippen LogP contribution in [0.4, 0.5) is 34.9 Å². The maximum Gasteiger partial charge on any atom is 0.278 e. The van der Waals surface area contributed by atoms with Crippen LogP contribution in [0.2, 0.25) is 0 Å². The molecule has 3 saturated carbocycles. The zero-order valence-corrected chi connectivity index (χ0v) is 71.4. The molecule has 6 aliphatic rings. The van der Waals surface area contributed by atoms with E-state index in [0.717, 1.165) is 42.0 Å². The second kappa shape index (κ2) is 37.9. The van der Waals surface area contributed by atoms with E-state index in [1.54, 1.807) is 129 Å². The van der Waals surface area contributed by atoms with Gasteiger partial charge in [0.1, 0.15) is 38.7 Å². The molecule has 6 fully saturated rings. The first-order chi connectivity index (χ1) is 58.4. The molecular formula is C93H112ClN21O7. The van der Waals surface area contributed by atoms with Crippen LogP contribution in [0.3, 0.4) is 0 Å². The van der Waals surface area contributed by atoms with Crippen LogP contribution in [0.1, 0.15) is 189 Å². The van der Waals surface area contributed by atoms with Gasteiger partial charge in [0.25, 0.3) is 16.7 Å². The quantitative estimate of drug-likeness (QED) is 0.0293. The number of carbonyl (C=O) groups excluding carboxylic acids is 1. The number of anilines is 6. The first-order valence-electron chi connectivity index (χ1n) is 42.6. The molecule has 12 aromatic rings. The van der Waals surface area contributed by atoms with Crippen LogP contribution in [-0.4, -0.2) is 155 Å². The summed E-state index contributed by atoms with van der Waals surface area (Å²) < 4.78 is 9.52. The van der Waals surface area contributed by atoms with Gasteiger partial charge in [-0.05, 0) is 272 Å². The number of aromatic nitrogens is 15. The summed E-state index contributed by atoms with van der Waals surface area (Å²) in [7, 11) is 0. The molecule has 0 atom stereocenters. The van der Waals surface area contributed by atoms with Crippen molar-refractivity contribution in [1.82, 2.24) is 88.1 Å². The molecule has 0 radical (unpaired) electrons. The van der Waals surface area contributed by atoms with E-state index < -0.39 is 16.8 Å². The molecule has 12 heterocycles. The number of hydrogen-bond acceptors (Lipinski definition) is 22. The molecule has 28 nitrogen and oxygen atoms in total. The Balaban J connectivity index is 0.000000145. The number of allylic oxidation sites excluding steroid dienone is 3. The van der Waals surface area contributed by atoms with E-state index in [0.29, 0.717) is 122 Å². The van der Waals surface area contributed by atoms with E-state index in [-0.39, 0.29) is 48.7 Å². The number of likely N-dealkylation sites (tertiary alicyclic amines) is 2. The van der Waals surface area contributed by atoms with Gasteiger partial charge in [-0.2, -0.15) is 15.0 Å². The van der Waals surface area contributed by atoms with Crippen molar-refractivity contribution in [2.24, 2.45) is 0 Å². The van der Waals surface area contributed by atoms with E-state index in [4.69, 9.17) is 9.97 Å². The summed E-state index contributed by atoms with van der Waals surface area (Å²) in [6.07, 6.45) is 26.9. The third-order valence-corrected chi connectivity index (χ3v) is 24.0. The van der Waals surface area contributed by atoms with Crippen LogP contribution in [0.5, 0.6) is 0 Å². The van der Waals surface area contributed by atoms with Gasteiger partial charge in [-0.25, -0.2) is 58.0 Å². The molecule has 9 aromatic heterocycles. The van der Waals surface area contributed by atoms with Gasteiger partial charge in [0.15, 0.2) is 34.4 Å². The van der Waals surface area contributed by atoms with Gasteiger partial charge in [-0.15, -0.1) is 32.1 Å². The zero-order chi connectivity index (χ0) is 84.7. The number of nitrogens with one attached hydrogen (secondary N) is 4. The molecule has 0 spiro atoms. The SMILES string of the molecule is C1CNC1.C=CCn1c(=O)c2cnc(Nc3ccc(C4CCC(=O)CC4)cc3)nc2n1-c1cccc(C(C)(C)O)n1.C=CCn1c(=O)c2cnc(Nc3ccc(C4CCC(N5CCC5)CC4)cc3)nc2n1-c1cccc(C(C)(C)O)n1.C=CCn1c(=O)c2cnc(Nc3ccc(C4CCC(N5CCC5)CC4)cc3)nc2n1-c1cccc(C(C)(C)O)n1.Cl. The second-order valence-electron chi connectivity index (χ2n) is 34.0. The highest BCUT2D eigenvalue weighted by molar-refractivity contribution is 5.85. The van der Waals surface area contributed by atoms with Crippen LogP contribution in [0.25, 0.3) is 50.6 Å². The van der Waals surface area contributed by atoms with Crippen LogP contribution >= 0.6 is 12.4 Å². The highest BCUT2D eigenvalue weighted by Gasteiger charge is 2.33. The van der Waals surface area contributed by atoms with Gasteiger partial charge < -0.3 is 46.4 Å². The minimum absolute atomic E-state index is 0. The summed E-state index contributed by atoms with van der Waals surface area (Å²) in [5.74, 6) is 4.51. The monoisotopic (exact) mass is 1670 g/mol. The highest BCUT2D eigenvalue weighted by Crippen LogP contribution is 2.40. The van der Waals surface area contributed by atoms with Crippen molar-refractivity contribution in [1.29, 1.82) is 0 Å². The molecule has 29 heteroatoms. The molecule has 18 rings (SSSR count). The van der Waals surface area contributed by atoms with Crippen LogP contribution < -0.4 is 37.9 Å². The van der Waals surface area contributed by atoms with Crippen molar-refractivity contribution in [3.63, 3.8) is 0 Å². The molecule has 3 aliphatic heterocycles. The topological polar surface area (TPSA) is 329 Å². The molecule has 0 amide bonds. The predicted octanol–water partition coefficient (Wildman–Crippen LogP) is 14.5. The number of aliphatic hydroxyl groups is 3. The summed E-state index contributed by atoms with van der Waals surface area (Å²) in [5, 5.41) is 45.6. The summed E-state index contributed by atoms with van der Waals surface area (Å²) in [5.41, 5.74) is 5.16. The first-order valence-corrected chi connectivity index (χ1v) is 42.6. The molecule has 0 bridgehead atoms. The fraction of sp³-hybridized carbons (Fsp3) is 0.409. The Kier molecular flexibility index (Phi) is 27.0. The Morgan fingerprint density at radius 2 is 0.680 bits per heavy atom. The van der Waals surface area contributed by atoms with Crippen molar-refractivity contribution in [2.75, 3.05) is 55.2 Å². The number of fused-ring (bicyclic) bond motifs is 3. The van der Waals surface area contributed by atoms with E-state index in [1.165, 1.54) is 147 Å². The summed E-state index contributed by atoms with van der Waals surface area (Å²) in [6.45, 7) is 29.8. The molecule has 638 valence electrons. The van der Waals surface area contributed by atoms with Crippen molar-refractivity contribution in [3.8, 4) is 17.5 Å². The van der Waals surface area contributed by atoms with Crippen LogP contribution in [0.15, 0.2) is 198 Å². The number of carbonyl (C=O) groups is 1. The van der Waals surface area contributed by atoms with Gasteiger partial charge in [0, 0.05) is 60.6 Å². The Labute approximate surface area is 716 Å². The minimum Gasteiger partial charge on any atom is -0.384 e. The number of halogens is 1. The Bertz CT molecular complexity index is 5630. The lowest BCUT2D eigenvalue weighted by molar-refractivity contribution is -0.120. The van der Waals surface area contributed by atoms with Crippen LogP contribution in [-0.2, 0) is 41.2 Å². The third kappa shape index (κ3) is 19.7. The van der Waals surface area contributed by atoms with Gasteiger partial charge in [-0.1, -0.05) is 72.8 Å². The summed E-state index contributed by atoms with van der Waals surface area (Å²) in [4.78, 5) is 97.8. The Morgan fingerprint density at radius 3 is 0.926 bits per heavy atom. The largest absolute Gasteiger partial charge is 0.384 e. The number of pyridine rings is 3. The average molecular weight is 1670 g/mol. The van der Waals surface area contributed by atoms with E-state index in [1.807, 2.05) is 24.3 Å². The number of rotatable bonds is 23. The van der Waals surface area contributed by atoms with Crippen molar-refractivity contribution < 1.29 is 20.1 Å². The normalized spacial score (nSPS) is 18.3. The fourth-order valence-electron chi connectivity index (χ4n) is 16.8. The average Bonchev–Trinajstić information content (AvgIpc) is 1.61. The molecule has 122 heavy (non-hydrogen) atoms. The van der Waals surface area contributed by atoms with E-state index in [9.17, 15) is 34.5 Å². The lowest BCUT2D eigenvalue weighted by Crippen LogP contribution is -2.46. The molecule has 3 aliphatic carbocycles. The van der Waals surface area contributed by atoms with Gasteiger partial charge in [-0.3, -0.25) is 19.2 Å². The molecule has 7 N–H and O–H groups in total. The number of Topliss-reactive ketones (excluding diaryl/α,β-unsaturated/α-hetero) is 1. The Morgan fingerprint density at radius 1 is 0.402 bits per heavy atom. The Hall–Kier alpha value is -11.5. The number of hydrogen-bond donors (Lipinski definition) is 7. The lowest BCUT2D eigenvalue weighted by Gasteiger charge is -2.42. The molecule has 3 saturated heterocycles. The first kappa shape index (κ1) is 86.9.